The number of nitrogens with two attached hydrogens (primary N) is 1. The van der Waals surface area contributed by atoms with Gasteiger partial charge in [0.2, 0.25) is 0 Å². The Labute approximate surface area is 121 Å². The van der Waals surface area contributed by atoms with E-state index in [9.17, 15) is 4.39 Å². The Balaban J connectivity index is 0.00000180. The number of rotatable bonds is 5. The molecule has 0 aromatic heterocycles. The van der Waals surface area contributed by atoms with E-state index in [1.165, 1.54) is 6.07 Å². The molecular formula is C14H23ClFN3. The number of hydrogen-bond acceptors (Lipinski definition) is 3. The number of unbranched alkanes of at least 4 members (excludes halogenated alkanes) is 1. The highest BCUT2D eigenvalue weighted by Gasteiger charge is 2.18. The molecule has 1 aliphatic heterocycles. The van der Waals surface area contributed by atoms with Gasteiger partial charge in [-0.2, -0.15) is 0 Å². The molecule has 0 aliphatic carbocycles. The monoisotopic (exact) mass is 287 g/mol. The van der Waals surface area contributed by atoms with E-state index in [0.29, 0.717) is 0 Å². The zero-order chi connectivity index (χ0) is 12.8. The fourth-order valence-electron chi connectivity index (χ4n) is 2.40. The summed E-state index contributed by atoms with van der Waals surface area (Å²) in [5.41, 5.74) is 6.23. The van der Waals surface area contributed by atoms with Crippen molar-refractivity contribution < 1.29 is 4.39 Å². The molecule has 0 radical (unpaired) electrons. The van der Waals surface area contributed by atoms with E-state index < -0.39 is 0 Å². The van der Waals surface area contributed by atoms with Crippen LogP contribution in [0.5, 0.6) is 0 Å². The second kappa shape index (κ2) is 8.35. The molecular weight excluding hydrogens is 265 g/mol. The van der Waals surface area contributed by atoms with Crippen molar-refractivity contribution in [3.05, 3.63) is 30.1 Å². The molecule has 2 N–H and O–H groups in total. The van der Waals surface area contributed by atoms with Crippen LogP contribution in [0.2, 0.25) is 0 Å². The molecule has 1 saturated heterocycles. The number of halogens is 2. The van der Waals surface area contributed by atoms with Crippen LogP contribution >= 0.6 is 12.4 Å². The average Bonchev–Trinajstić information content (AvgIpc) is 2.41. The quantitative estimate of drug-likeness (QED) is 0.842. The molecule has 19 heavy (non-hydrogen) atoms. The van der Waals surface area contributed by atoms with Gasteiger partial charge in [-0.1, -0.05) is 12.1 Å². The summed E-state index contributed by atoms with van der Waals surface area (Å²) in [6, 6.07) is 7.02. The minimum atomic E-state index is -0.117. The molecule has 3 nitrogen and oxygen atoms in total. The van der Waals surface area contributed by atoms with Crippen LogP contribution in [0.25, 0.3) is 0 Å². The van der Waals surface area contributed by atoms with Gasteiger partial charge >= 0.3 is 0 Å². The van der Waals surface area contributed by atoms with Crippen molar-refractivity contribution in [3.63, 3.8) is 0 Å². The summed E-state index contributed by atoms with van der Waals surface area (Å²) >= 11 is 0. The first-order valence-electron chi connectivity index (χ1n) is 6.73. The first-order valence-corrected chi connectivity index (χ1v) is 6.73. The topological polar surface area (TPSA) is 32.5 Å². The molecule has 5 heteroatoms. The second-order valence-corrected chi connectivity index (χ2v) is 4.78. The van der Waals surface area contributed by atoms with Crippen LogP contribution < -0.4 is 10.6 Å². The highest BCUT2D eigenvalue weighted by Crippen LogP contribution is 2.20. The smallest absolute Gasteiger partial charge is 0.146 e. The summed E-state index contributed by atoms with van der Waals surface area (Å²) in [5, 5.41) is 0. The molecule has 1 heterocycles. The van der Waals surface area contributed by atoms with Gasteiger partial charge in [0.15, 0.2) is 0 Å². The molecule has 0 spiro atoms. The van der Waals surface area contributed by atoms with E-state index in [1.807, 2.05) is 12.1 Å². The lowest BCUT2D eigenvalue weighted by atomic mass is 10.2. The van der Waals surface area contributed by atoms with Crippen molar-refractivity contribution in [2.24, 2.45) is 5.73 Å². The SMILES string of the molecule is Cl.NCCCCN1CCN(c2ccccc2F)CC1. The number of para-hydroxylation sites is 1. The molecule has 1 aromatic rings. The maximum Gasteiger partial charge on any atom is 0.146 e. The fourth-order valence-corrected chi connectivity index (χ4v) is 2.40. The van der Waals surface area contributed by atoms with Gasteiger partial charge in [-0.25, -0.2) is 4.39 Å². The largest absolute Gasteiger partial charge is 0.367 e. The normalized spacial score (nSPS) is 16.2. The van der Waals surface area contributed by atoms with Crippen molar-refractivity contribution in [3.8, 4) is 0 Å². The minimum absolute atomic E-state index is 0. The summed E-state index contributed by atoms with van der Waals surface area (Å²) in [4.78, 5) is 4.57. The summed E-state index contributed by atoms with van der Waals surface area (Å²) in [7, 11) is 0. The Morgan fingerprint density at radius 3 is 2.37 bits per heavy atom. The molecule has 0 atom stereocenters. The Morgan fingerprint density at radius 1 is 1.05 bits per heavy atom. The minimum Gasteiger partial charge on any atom is -0.367 e. The van der Waals surface area contributed by atoms with Crippen molar-refractivity contribution in [1.29, 1.82) is 0 Å². The number of piperazine rings is 1. The van der Waals surface area contributed by atoms with E-state index in [1.54, 1.807) is 6.07 Å². The third-order valence-corrected chi connectivity index (χ3v) is 3.49. The highest BCUT2D eigenvalue weighted by molar-refractivity contribution is 5.85. The first kappa shape index (κ1) is 16.2. The van der Waals surface area contributed by atoms with Crippen LogP contribution in [0, 0.1) is 5.82 Å². The van der Waals surface area contributed by atoms with Gasteiger partial charge < -0.3 is 10.6 Å². The van der Waals surface area contributed by atoms with E-state index in [2.05, 4.69) is 9.80 Å². The molecule has 2 rings (SSSR count). The summed E-state index contributed by atoms with van der Waals surface area (Å²) < 4.78 is 13.7. The molecule has 0 amide bonds. The number of nitrogens with zero attached hydrogens (tertiary/aromatic N) is 2. The average molecular weight is 288 g/mol. The Bertz CT molecular complexity index is 367. The van der Waals surface area contributed by atoms with Crippen LogP contribution in [0.1, 0.15) is 12.8 Å². The van der Waals surface area contributed by atoms with Gasteiger partial charge in [-0.05, 0) is 38.1 Å². The van der Waals surface area contributed by atoms with Crippen molar-refractivity contribution in [1.82, 2.24) is 4.90 Å². The van der Waals surface area contributed by atoms with Gasteiger partial charge in [0.25, 0.3) is 0 Å². The first-order chi connectivity index (χ1) is 8.81. The van der Waals surface area contributed by atoms with Gasteiger partial charge in [0.05, 0.1) is 5.69 Å². The van der Waals surface area contributed by atoms with Crippen LogP contribution in [0.3, 0.4) is 0 Å². The van der Waals surface area contributed by atoms with Gasteiger partial charge in [-0.3, -0.25) is 4.90 Å². The number of anilines is 1. The lowest BCUT2D eigenvalue weighted by molar-refractivity contribution is 0.253. The Morgan fingerprint density at radius 2 is 1.74 bits per heavy atom. The van der Waals surface area contributed by atoms with Crippen molar-refractivity contribution in [2.75, 3.05) is 44.2 Å². The van der Waals surface area contributed by atoms with Crippen LogP contribution in [0.15, 0.2) is 24.3 Å². The van der Waals surface area contributed by atoms with Crippen LogP contribution in [0.4, 0.5) is 10.1 Å². The van der Waals surface area contributed by atoms with Gasteiger partial charge in [-0.15, -0.1) is 12.4 Å². The lowest BCUT2D eigenvalue weighted by Crippen LogP contribution is -2.46. The zero-order valence-electron chi connectivity index (χ0n) is 11.2. The van der Waals surface area contributed by atoms with Crippen molar-refractivity contribution >= 4 is 18.1 Å². The van der Waals surface area contributed by atoms with E-state index in [0.717, 1.165) is 57.8 Å². The zero-order valence-corrected chi connectivity index (χ0v) is 12.0. The standard InChI is InChI=1S/C14H22FN3.ClH/c15-13-5-1-2-6-14(13)18-11-9-17(10-12-18)8-4-3-7-16;/h1-2,5-6H,3-4,7-12,16H2;1H. The molecule has 0 saturated carbocycles. The molecule has 108 valence electrons. The second-order valence-electron chi connectivity index (χ2n) is 4.78. The highest BCUT2D eigenvalue weighted by atomic mass is 35.5. The maximum absolute atomic E-state index is 13.7. The summed E-state index contributed by atoms with van der Waals surface area (Å²) in [6.45, 7) is 5.72. The van der Waals surface area contributed by atoms with E-state index in [-0.39, 0.29) is 18.2 Å². The molecule has 1 aliphatic rings. The van der Waals surface area contributed by atoms with Crippen molar-refractivity contribution in [2.45, 2.75) is 12.8 Å². The third-order valence-electron chi connectivity index (χ3n) is 3.49. The van der Waals surface area contributed by atoms with Gasteiger partial charge in [0.1, 0.15) is 5.82 Å². The Hall–Kier alpha value is -0.840. The lowest BCUT2D eigenvalue weighted by Gasteiger charge is -2.36. The van der Waals surface area contributed by atoms with E-state index in [4.69, 9.17) is 5.73 Å². The maximum atomic E-state index is 13.7. The van der Waals surface area contributed by atoms with Crippen LogP contribution in [-0.4, -0.2) is 44.2 Å². The molecule has 0 unspecified atom stereocenters. The number of hydrogen-bond donors (Lipinski definition) is 1. The summed E-state index contributed by atoms with van der Waals surface area (Å²) in [6.07, 6.45) is 2.25. The summed E-state index contributed by atoms with van der Waals surface area (Å²) in [5.74, 6) is -0.117. The van der Waals surface area contributed by atoms with Gasteiger partial charge in [0, 0.05) is 26.2 Å². The fraction of sp³-hybridized carbons (Fsp3) is 0.571. The Kier molecular flexibility index (Phi) is 7.13. The molecule has 1 fully saturated rings. The molecule has 1 aromatic carbocycles. The molecule has 0 bridgehead atoms. The number of benzene rings is 1. The van der Waals surface area contributed by atoms with Crippen LogP contribution in [-0.2, 0) is 0 Å². The third kappa shape index (κ3) is 4.64. The predicted molar refractivity (Wildman–Crippen MR) is 80.6 cm³/mol. The predicted octanol–water partition coefficient (Wildman–Crippen LogP) is 2.11. The van der Waals surface area contributed by atoms with E-state index >= 15 is 0 Å².